The van der Waals surface area contributed by atoms with E-state index >= 15 is 0 Å². The Kier molecular flexibility index (Phi) is 36.2. The van der Waals surface area contributed by atoms with Crippen molar-refractivity contribution >= 4 is 11.9 Å². The van der Waals surface area contributed by atoms with Crippen molar-refractivity contribution in [3.63, 3.8) is 0 Å². The van der Waals surface area contributed by atoms with Gasteiger partial charge < -0.3 is 30.0 Å². The van der Waals surface area contributed by atoms with Crippen LogP contribution in [0.15, 0.2) is 61.7 Å². The minimum absolute atomic E-state index is 0.384. The number of unbranched alkanes of at least 4 members (excludes halogenated alkanes) is 16. The van der Waals surface area contributed by atoms with Gasteiger partial charge in [0, 0.05) is 12.1 Å². The smallest absolute Gasteiger partial charge is 0.286 e. The first kappa shape index (κ1) is 52.6. The average molecular weight is 793 g/mol. The van der Waals surface area contributed by atoms with Gasteiger partial charge in [-0.15, -0.1) is 0 Å². The summed E-state index contributed by atoms with van der Waals surface area (Å²) in [5.74, 6) is -3.09. The first-order valence-electron chi connectivity index (χ1n) is 21.4. The van der Waals surface area contributed by atoms with E-state index in [1.165, 1.54) is 89.9 Å². The summed E-state index contributed by atoms with van der Waals surface area (Å²) in [6.45, 7) is 5.45. The lowest BCUT2D eigenvalue weighted by Gasteiger charge is -2.12. The van der Waals surface area contributed by atoms with Gasteiger partial charge in [0.05, 0.1) is 36.5 Å². The first-order chi connectivity index (χ1) is 27.1. The van der Waals surface area contributed by atoms with Gasteiger partial charge in [0.15, 0.2) is 0 Å². The third-order valence-electron chi connectivity index (χ3n) is 9.40. The Hall–Kier alpha value is -3.38. The number of rotatable bonds is 32. The summed E-state index contributed by atoms with van der Waals surface area (Å²) in [5.41, 5.74) is 0. The van der Waals surface area contributed by atoms with E-state index in [1.807, 2.05) is 33.7 Å². The molecular weight excluding hydrogens is 719 g/mol. The molecule has 0 aliphatic rings. The third kappa shape index (κ3) is 37.5. The number of halogens is 2. The monoisotopic (exact) mass is 793 g/mol. The molecule has 320 valence electrons. The van der Waals surface area contributed by atoms with Crippen molar-refractivity contribution in [1.29, 1.82) is 0 Å². The number of carboxylic acids is 2. The van der Waals surface area contributed by atoms with Crippen LogP contribution in [0.5, 0.6) is 0 Å². The van der Waals surface area contributed by atoms with Crippen LogP contribution in [0.25, 0.3) is 0 Å². The Balaban J connectivity index is 0.000000905. The van der Waals surface area contributed by atoms with Gasteiger partial charge in [0.1, 0.15) is 37.8 Å². The normalized spacial score (nSPS) is 13.2. The van der Waals surface area contributed by atoms with Crippen molar-refractivity contribution in [1.82, 2.24) is 9.97 Å². The number of hydrogen-bond donors (Lipinski definition) is 2. The zero-order chi connectivity index (χ0) is 41.5. The number of aliphatic hydroxyl groups is 2. The second-order valence-corrected chi connectivity index (χ2v) is 14.8. The number of aliphatic hydroxyl groups excluding tert-OH is 2. The maximum absolute atomic E-state index is 13.9. The summed E-state index contributed by atoms with van der Waals surface area (Å²) in [4.78, 5) is 26.8. The summed E-state index contributed by atoms with van der Waals surface area (Å²) in [7, 11) is 0. The number of hydrogen-bond acceptors (Lipinski definition) is 8. The van der Waals surface area contributed by atoms with Crippen molar-refractivity contribution in [3.05, 3.63) is 61.7 Å². The Morgan fingerprint density at radius 3 is 1.16 bits per heavy atom. The lowest BCUT2D eigenvalue weighted by atomic mass is 10.0. The number of alkyl halides is 2. The van der Waals surface area contributed by atoms with Gasteiger partial charge in [-0.05, 0) is 50.7 Å². The lowest BCUT2D eigenvalue weighted by Crippen LogP contribution is -2.39. The van der Waals surface area contributed by atoms with Crippen molar-refractivity contribution in [2.75, 3.05) is 0 Å². The molecule has 2 rings (SSSR count). The van der Waals surface area contributed by atoms with Crippen LogP contribution in [0.3, 0.4) is 0 Å². The summed E-state index contributed by atoms with van der Waals surface area (Å²) in [6, 6.07) is 3.66. The minimum Gasteiger partial charge on any atom is -0.545 e. The fourth-order valence-corrected chi connectivity index (χ4v) is 6.13. The molecule has 56 heavy (non-hydrogen) atoms. The summed E-state index contributed by atoms with van der Waals surface area (Å²) >= 11 is 0. The van der Waals surface area contributed by atoms with E-state index in [2.05, 4.69) is 23.8 Å². The van der Waals surface area contributed by atoms with Crippen molar-refractivity contribution in [2.24, 2.45) is 0 Å². The van der Waals surface area contributed by atoms with E-state index in [4.69, 9.17) is 0 Å². The Bertz CT molecular complexity index is 1110. The molecule has 2 N–H and O–H groups in total. The molecule has 0 aliphatic heterocycles. The molecule has 12 heteroatoms. The predicted molar refractivity (Wildman–Crippen MR) is 212 cm³/mol. The summed E-state index contributed by atoms with van der Waals surface area (Å²) in [5, 5.41) is 38.8. The molecule has 10 nitrogen and oxygen atoms in total. The van der Waals surface area contributed by atoms with Crippen molar-refractivity contribution in [2.45, 2.75) is 206 Å². The molecule has 4 atom stereocenters. The van der Waals surface area contributed by atoms with E-state index in [9.17, 15) is 38.8 Å². The molecule has 0 fully saturated rings. The number of carboxylic acid groups (broad SMARTS) is 2. The van der Waals surface area contributed by atoms with Gasteiger partial charge in [-0.2, -0.15) is 0 Å². The van der Waals surface area contributed by atoms with Crippen LogP contribution >= 0.6 is 0 Å². The fourth-order valence-electron chi connectivity index (χ4n) is 6.13. The number of carbonyl (C=O) groups excluding carboxylic acids is 2. The van der Waals surface area contributed by atoms with Crippen LogP contribution < -0.4 is 19.3 Å². The second kappa shape index (κ2) is 38.5. The Morgan fingerprint density at radius 1 is 0.554 bits per heavy atom. The Morgan fingerprint density at radius 2 is 0.875 bits per heavy atom. The first-order valence-corrected chi connectivity index (χ1v) is 21.4. The molecule has 4 unspecified atom stereocenters. The van der Waals surface area contributed by atoms with Gasteiger partial charge >= 0.3 is 0 Å². The molecule has 2 aromatic heterocycles. The van der Waals surface area contributed by atoms with E-state index in [0.29, 0.717) is 63.8 Å². The van der Waals surface area contributed by atoms with Gasteiger partial charge in [-0.3, -0.25) is 0 Å². The van der Waals surface area contributed by atoms with E-state index < -0.39 is 36.5 Å². The maximum atomic E-state index is 13.9. The van der Waals surface area contributed by atoms with Crippen LogP contribution in [0, 0.1) is 0 Å². The quantitative estimate of drug-likeness (QED) is 0.0479. The number of aromatic nitrogens is 4. The SMILES string of the molecule is CCCCCCCCCCCC(F)CCC(O)C[n+]1cccnc1.CCCCCCCCCCCC(F)CCC(O)C[n+]1cccnc1.O=C([O-])/C=C/C(=O)[O-]. The molecule has 0 aliphatic carbocycles. The number of nitrogens with zero attached hydrogens (tertiary/aromatic N) is 4. The van der Waals surface area contributed by atoms with Gasteiger partial charge in [0.25, 0.3) is 12.7 Å². The topological polar surface area (TPSA) is 154 Å². The zero-order valence-electron chi connectivity index (χ0n) is 34.5. The molecule has 0 spiro atoms. The van der Waals surface area contributed by atoms with Crippen molar-refractivity contribution in [3.8, 4) is 0 Å². The third-order valence-corrected chi connectivity index (χ3v) is 9.40. The zero-order valence-corrected chi connectivity index (χ0v) is 34.5. The maximum Gasteiger partial charge on any atom is 0.286 e. The second-order valence-electron chi connectivity index (χ2n) is 14.8. The van der Waals surface area contributed by atoms with Crippen LogP contribution in [0.4, 0.5) is 8.78 Å². The van der Waals surface area contributed by atoms with Crippen LogP contribution in [-0.4, -0.2) is 56.7 Å². The number of aliphatic carboxylic acids is 2. The van der Waals surface area contributed by atoms with Crippen LogP contribution in [-0.2, 0) is 22.7 Å². The lowest BCUT2D eigenvalue weighted by molar-refractivity contribution is -0.706. The summed E-state index contributed by atoms with van der Waals surface area (Å²) in [6.07, 6.45) is 34.6. The molecule has 0 bridgehead atoms. The Labute approximate surface area is 336 Å². The molecule has 0 saturated heterocycles. The molecule has 0 amide bonds. The highest BCUT2D eigenvalue weighted by Gasteiger charge is 2.14. The fraction of sp³-hybridized carbons (Fsp3) is 0.727. The standard InChI is InChI=1S/2C20H36FN2O.C4H4O4/c2*1-2-3-4-5-6-7-8-9-10-12-19(21)13-14-20(24)17-23-16-11-15-22-18-23;5-3(6)1-2-4(7)8/h2*11,15-16,18-20,24H,2-10,12-14,17H2,1H3;1-2H,(H,5,6)(H,7,8)/q2*+1;/p-2/b;;2-1+. The molecule has 0 aromatic carbocycles. The minimum atomic E-state index is -1.55. The van der Waals surface area contributed by atoms with Crippen LogP contribution in [0.2, 0.25) is 0 Å². The van der Waals surface area contributed by atoms with Crippen molar-refractivity contribution < 1.29 is 47.9 Å². The average Bonchev–Trinajstić information content (AvgIpc) is 3.18. The molecular formula is C44H74F2N4O6. The molecule has 2 heterocycles. The molecule has 2 aromatic rings. The van der Waals surface area contributed by atoms with Gasteiger partial charge in [-0.25, -0.2) is 17.9 Å². The predicted octanol–water partition coefficient (Wildman–Crippen LogP) is 6.58. The van der Waals surface area contributed by atoms with E-state index in [-0.39, 0.29) is 0 Å². The highest BCUT2D eigenvalue weighted by atomic mass is 19.1. The van der Waals surface area contributed by atoms with Crippen LogP contribution in [0.1, 0.15) is 168 Å². The van der Waals surface area contributed by atoms with Gasteiger partial charge in [0.2, 0.25) is 0 Å². The molecule has 0 radical (unpaired) electrons. The van der Waals surface area contributed by atoms with E-state index in [1.54, 1.807) is 25.0 Å². The van der Waals surface area contributed by atoms with Gasteiger partial charge in [-0.1, -0.05) is 139 Å². The highest BCUT2D eigenvalue weighted by molar-refractivity contribution is 5.87. The summed E-state index contributed by atoms with van der Waals surface area (Å²) < 4.78 is 31.4. The number of carbonyl (C=O) groups is 2. The largest absolute Gasteiger partial charge is 0.545 e. The molecule has 0 saturated carbocycles. The van der Waals surface area contributed by atoms with E-state index in [0.717, 1.165) is 25.7 Å². The highest BCUT2D eigenvalue weighted by Crippen LogP contribution is 2.17.